The average Bonchev–Trinajstić information content (AvgIpc) is 3.23. The van der Waals surface area contributed by atoms with Crippen molar-refractivity contribution in [2.45, 2.75) is 19.3 Å². The monoisotopic (exact) mass is 312 g/mol. The maximum absolute atomic E-state index is 9.11. The summed E-state index contributed by atoms with van der Waals surface area (Å²) >= 11 is 0. The van der Waals surface area contributed by atoms with Gasteiger partial charge < -0.3 is 23.6 Å². The first kappa shape index (κ1) is 13.9. The minimum absolute atomic E-state index is 0.106. The molecule has 1 unspecified atom stereocenters. The summed E-state index contributed by atoms with van der Waals surface area (Å²) < 4.78 is 19.2. The minimum atomic E-state index is -0.128. The molecule has 0 fully saturated rings. The van der Waals surface area contributed by atoms with E-state index in [2.05, 4.69) is 4.98 Å². The first-order chi connectivity index (χ1) is 11.3. The van der Waals surface area contributed by atoms with Crippen molar-refractivity contribution in [3.8, 4) is 23.1 Å². The first-order valence-corrected chi connectivity index (χ1v) is 7.43. The topological polar surface area (TPSA) is 69.7 Å². The van der Waals surface area contributed by atoms with Gasteiger partial charge in [-0.2, -0.15) is 0 Å². The summed E-state index contributed by atoms with van der Waals surface area (Å²) in [4.78, 5) is 4.34. The largest absolute Gasteiger partial charge is 0.486 e. The summed E-state index contributed by atoms with van der Waals surface area (Å²) in [6.45, 7) is 0.949. The Hall–Kier alpha value is -2.73. The standard InChI is InChI=1S/C17H16N2O4/c20-10-12-5-6-16(22-12)17-18-7-8-19(17)9-13-11-21-14-3-1-2-4-15(14)23-13/h1-8,13,20H,9-11H2. The molecule has 0 aliphatic carbocycles. The molecule has 0 saturated carbocycles. The van der Waals surface area contributed by atoms with E-state index >= 15 is 0 Å². The Labute approximate surface area is 132 Å². The highest BCUT2D eigenvalue weighted by Crippen LogP contribution is 2.31. The number of benzene rings is 1. The third-order valence-electron chi connectivity index (χ3n) is 3.72. The van der Waals surface area contributed by atoms with Gasteiger partial charge in [-0.1, -0.05) is 12.1 Å². The Bertz CT molecular complexity index is 808. The lowest BCUT2D eigenvalue weighted by molar-refractivity contribution is 0.0788. The number of hydrogen-bond acceptors (Lipinski definition) is 5. The second kappa shape index (κ2) is 5.81. The molecule has 0 bridgehead atoms. The summed E-state index contributed by atoms with van der Waals surface area (Å²) in [5, 5.41) is 9.11. The molecule has 23 heavy (non-hydrogen) atoms. The number of imidazole rings is 1. The second-order valence-electron chi connectivity index (χ2n) is 5.32. The van der Waals surface area contributed by atoms with E-state index in [0.29, 0.717) is 30.5 Å². The molecule has 3 aromatic rings. The van der Waals surface area contributed by atoms with Crippen LogP contribution in [0, 0.1) is 0 Å². The molecular weight excluding hydrogens is 296 g/mol. The van der Waals surface area contributed by atoms with Crippen LogP contribution in [0.15, 0.2) is 53.2 Å². The van der Waals surface area contributed by atoms with Crippen LogP contribution in [0.25, 0.3) is 11.6 Å². The zero-order valence-electron chi connectivity index (χ0n) is 12.4. The molecule has 4 rings (SSSR count). The third-order valence-corrected chi connectivity index (χ3v) is 3.72. The number of rotatable bonds is 4. The smallest absolute Gasteiger partial charge is 0.176 e. The van der Waals surface area contributed by atoms with Gasteiger partial charge in [0.05, 0.1) is 6.54 Å². The van der Waals surface area contributed by atoms with E-state index in [-0.39, 0.29) is 12.7 Å². The Kier molecular flexibility index (Phi) is 3.51. The van der Waals surface area contributed by atoms with Crippen molar-refractivity contribution in [2.75, 3.05) is 6.61 Å². The van der Waals surface area contributed by atoms with E-state index in [1.54, 1.807) is 18.3 Å². The molecule has 118 valence electrons. The fourth-order valence-electron chi connectivity index (χ4n) is 2.64. The van der Waals surface area contributed by atoms with Gasteiger partial charge in [0, 0.05) is 12.4 Å². The van der Waals surface area contributed by atoms with Crippen LogP contribution in [0.1, 0.15) is 5.76 Å². The number of aliphatic hydroxyl groups is 1. The number of fused-ring (bicyclic) bond motifs is 1. The Morgan fingerprint density at radius 1 is 1.17 bits per heavy atom. The lowest BCUT2D eigenvalue weighted by atomic mass is 10.2. The molecule has 0 spiro atoms. The van der Waals surface area contributed by atoms with Crippen molar-refractivity contribution in [2.24, 2.45) is 0 Å². The fraction of sp³-hybridized carbons (Fsp3) is 0.235. The fourth-order valence-corrected chi connectivity index (χ4v) is 2.64. The normalized spacial score (nSPS) is 16.5. The molecule has 0 radical (unpaired) electrons. The van der Waals surface area contributed by atoms with Gasteiger partial charge in [0.1, 0.15) is 19.0 Å². The highest BCUT2D eigenvalue weighted by atomic mass is 16.6. The van der Waals surface area contributed by atoms with Gasteiger partial charge in [-0.15, -0.1) is 0 Å². The van der Waals surface area contributed by atoms with Crippen LogP contribution in [0.3, 0.4) is 0 Å². The van der Waals surface area contributed by atoms with E-state index in [1.807, 2.05) is 35.0 Å². The van der Waals surface area contributed by atoms with Gasteiger partial charge in [-0.25, -0.2) is 4.98 Å². The number of furan rings is 1. The molecule has 1 aromatic carbocycles. The number of aromatic nitrogens is 2. The highest BCUT2D eigenvalue weighted by molar-refractivity contribution is 5.48. The van der Waals surface area contributed by atoms with E-state index in [0.717, 1.165) is 11.5 Å². The molecule has 3 heterocycles. The molecule has 1 aliphatic rings. The molecule has 1 atom stereocenters. The second-order valence-corrected chi connectivity index (χ2v) is 5.32. The molecule has 1 N–H and O–H groups in total. The summed E-state index contributed by atoms with van der Waals surface area (Å²) in [7, 11) is 0. The van der Waals surface area contributed by atoms with Crippen LogP contribution < -0.4 is 9.47 Å². The number of para-hydroxylation sites is 2. The lowest BCUT2D eigenvalue weighted by Gasteiger charge is -2.26. The van der Waals surface area contributed by atoms with Crippen molar-refractivity contribution >= 4 is 0 Å². The summed E-state index contributed by atoms with van der Waals surface area (Å²) in [6, 6.07) is 11.2. The SMILES string of the molecule is OCc1ccc(-c2nccn2CC2COc3ccccc3O2)o1. The Morgan fingerprint density at radius 2 is 2.04 bits per heavy atom. The van der Waals surface area contributed by atoms with Gasteiger partial charge >= 0.3 is 0 Å². The van der Waals surface area contributed by atoms with Gasteiger partial charge in [0.2, 0.25) is 0 Å². The van der Waals surface area contributed by atoms with Crippen LogP contribution in [-0.2, 0) is 13.2 Å². The number of nitrogens with zero attached hydrogens (tertiary/aromatic N) is 2. The summed E-state index contributed by atoms with van der Waals surface area (Å²) in [5.41, 5.74) is 0. The number of hydrogen-bond donors (Lipinski definition) is 1. The van der Waals surface area contributed by atoms with Crippen LogP contribution in [0.4, 0.5) is 0 Å². The van der Waals surface area contributed by atoms with E-state index in [4.69, 9.17) is 19.0 Å². The van der Waals surface area contributed by atoms with Crippen molar-refractivity contribution in [1.82, 2.24) is 9.55 Å². The molecule has 6 nitrogen and oxygen atoms in total. The molecule has 2 aromatic heterocycles. The van der Waals surface area contributed by atoms with Crippen LogP contribution in [0.5, 0.6) is 11.5 Å². The van der Waals surface area contributed by atoms with Crippen LogP contribution >= 0.6 is 0 Å². The van der Waals surface area contributed by atoms with Crippen molar-refractivity contribution in [3.05, 3.63) is 54.6 Å². The first-order valence-electron chi connectivity index (χ1n) is 7.43. The Balaban J connectivity index is 1.53. The minimum Gasteiger partial charge on any atom is -0.486 e. The maximum atomic E-state index is 9.11. The molecule has 0 amide bonds. The zero-order chi connectivity index (χ0) is 15.6. The van der Waals surface area contributed by atoms with Gasteiger partial charge in [-0.3, -0.25) is 0 Å². The molecule has 6 heteroatoms. The summed E-state index contributed by atoms with van der Waals surface area (Å²) in [6.07, 6.45) is 3.49. The molecular formula is C17H16N2O4. The maximum Gasteiger partial charge on any atom is 0.176 e. The zero-order valence-corrected chi connectivity index (χ0v) is 12.4. The predicted molar refractivity (Wildman–Crippen MR) is 82.2 cm³/mol. The lowest BCUT2D eigenvalue weighted by Crippen LogP contribution is -2.33. The van der Waals surface area contributed by atoms with Crippen molar-refractivity contribution < 1.29 is 19.0 Å². The van der Waals surface area contributed by atoms with Crippen LogP contribution in [0.2, 0.25) is 0 Å². The van der Waals surface area contributed by atoms with Gasteiger partial charge in [0.25, 0.3) is 0 Å². The predicted octanol–water partition coefficient (Wildman–Crippen LogP) is 2.48. The average molecular weight is 312 g/mol. The van der Waals surface area contributed by atoms with Crippen molar-refractivity contribution in [1.29, 1.82) is 0 Å². The molecule has 0 saturated heterocycles. The molecule has 1 aliphatic heterocycles. The number of aliphatic hydroxyl groups excluding tert-OH is 1. The van der Waals surface area contributed by atoms with E-state index in [1.165, 1.54) is 0 Å². The van der Waals surface area contributed by atoms with Crippen LogP contribution in [-0.4, -0.2) is 27.4 Å². The van der Waals surface area contributed by atoms with Gasteiger partial charge in [0.15, 0.2) is 29.2 Å². The van der Waals surface area contributed by atoms with Gasteiger partial charge in [-0.05, 0) is 24.3 Å². The third kappa shape index (κ3) is 2.68. The highest BCUT2D eigenvalue weighted by Gasteiger charge is 2.22. The quantitative estimate of drug-likeness (QED) is 0.801. The summed E-state index contributed by atoms with van der Waals surface area (Å²) in [5.74, 6) is 3.36. The van der Waals surface area contributed by atoms with E-state index < -0.39 is 0 Å². The number of ether oxygens (including phenoxy) is 2. The Morgan fingerprint density at radius 3 is 2.87 bits per heavy atom. The van der Waals surface area contributed by atoms with E-state index in [9.17, 15) is 0 Å². The van der Waals surface area contributed by atoms with Crippen molar-refractivity contribution in [3.63, 3.8) is 0 Å².